The first-order valence-electron chi connectivity index (χ1n) is 9.04. The van der Waals surface area contributed by atoms with Crippen molar-refractivity contribution in [2.45, 2.75) is 39.0 Å². The Morgan fingerprint density at radius 2 is 1.42 bits per heavy atom. The summed E-state index contributed by atoms with van der Waals surface area (Å²) >= 11 is 0. The SMILES string of the molecule is CCCC1=[N+]C(c2ccccc2)=C(c2ccccc2)C2=C1CCC2. The smallest absolute Gasteiger partial charge is 0.0648 e. The van der Waals surface area contributed by atoms with E-state index in [0.717, 1.165) is 18.5 Å². The van der Waals surface area contributed by atoms with Crippen LogP contribution < -0.4 is 4.99 Å². The van der Waals surface area contributed by atoms with E-state index in [0.29, 0.717) is 0 Å². The van der Waals surface area contributed by atoms with E-state index in [2.05, 4.69) is 67.6 Å². The van der Waals surface area contributed by atoms with E-state index in [-0.39, 0.29) is 0 Å². The number of hydrogen-bond donors (Lipinski definition) is 0. The van der Waals surface area contributed by atoms with E-state index in [9.17, 15) is 0 Å². The van der Waals surface area contributed by atoms with Gasteiger partial charge in [0.1, 0.15) is 0 Å². The second-order valence-corrected chi connectivity index (χ2v) is 6.57. The van der Waals surface area contributed by atoms with Crippen LogP contribution in [-0.2, 0) is 0 Å². The molecule has 2 aromatic carbocycles. The molecule has 2 aromatic rings. The molecule has 0 spiro atoms. The van der Waals surface area contributed by atoms with Crippen LogP contribution in [0.5, 0.6) is 0 Å². The summed E-state index contributed by atoms with van der Waals surface area (Å²) in [5, 5.41) is 0. The molecule has 1 aliphatic carbocycles. The lowest BCUT2D eigenvalue weighted by molar-refractivity contribution is 0.905. The van der Waals surface area contributed by atoms with Gasteiger partial charge in [-0.25, -0.2) is 0 Å². The third kappa shape index (κ3) is 2.65. The van der Waals surface area contributed by atoms with Gasteiger partial charge < -0.3 is 0 Å². The Kier molecular flexibility index (Phi) is 4.17. The van der Waals surface area contributed by atoms with E-state index in [1.54, 1.807) is 5.57 Å². The van der Waals surface area contributed by atoms with Crippen molar-refractivity contribution in [2.24, 2.45) is 0 Å². The van der Waals surface area contributed by atoms with Crippen molar-refractivity contribution in [1.29, 1.82) is 0 Å². The molecule has 1 nitrogen and oxygen atoms in total. The van der Waals surface area contributed by atoms with E-state index in [4.69, 9.17) is 4.99 Å². The molecule has 119 valence electrons. The van der Waals surface area contributed by atoms with Gasteiger partial charge in [-0.15, -0.1) is 0 Å². The fourth-order valence-electron chi connectivity index (χ4n) is 3.90. The van der Waals surface area contributed by atoms with Crippen LogP contribution >= 0.6 is 0 Å². The van der Waals surface area contributed by atoms with Crippen LogP contribution in [-0.4, -0.2) is 5.71 Å². The molecular formula is C23H23N+. The van der Waals surface area contributed by atoms with Gasteiger partial charge in [0, 0.05) is 12.0 Å². The largest absolute Gasteiger partial charge is 0.292 e. The van der Waals surface area contributed by atoms with Gasteiger partial charge in [0.25, 0.3) is 11.4 Å². The van der Waals surface area contributed by atoms with Crippen molar-refractivity contribution >= 4 is 17.0 Å². The fraction of sp³-hybridized carbons (Fsp3) is 0.261. The Bertz CT molecular complexity index is 823. The first-order chi connectivity index (χ1) is 11.9. The highest BCUT2D eigenvalue weighted by Crippen LogP contribution is 2.43. The highest BCUT2D eigenvalue weighted by Gasteiger charge is 2.37. The standard InChI is InChI=1S/C23H23N/c1-2-10-21-19-15-9-16-20(19)22(17-11-5-3-6-12-17)23(24-21)18-13-7-4-8-14-18/h3-8,11-14H,2,9-10,15-16H2,1H3/q+1. The lowest BCUT2D eigenvalue weighted by Crippen LogP contribution is -2.17. The maximum atomic E-state index is 5.18. The monoisotopic (exact) mass is 313 g/mol. The Morgan fingerprint density at radius 3 is 2.08 bits per heavy atom. The molecule has 0 unspecified atom stereocenters. The molecule has 1 heteroatoms. The third-order valence-corrected chi connectivity index (χ3v) is 4.95. The van der Waals surface area contributed by atoms with Gasteiger partial charge in [-0.2, -0.15) is 0 Å². The van der Waals surface area contributed by atoms with Crippen molar-refractivity contribution in [1.82, 2.24) is 4.99 Å². The van der Waals surface area contributed by atoms with Gasteiger partial charge in [0.05, 0.1) is 16.1 Å². The molecule has 1 radical (unpaired) electrons. The second kappa shape index (κ2) is 6.60. The van der Waals surface area contributed by atoms with Crippen LogP contribution in [0.25, 0.3) is 11.3 Å². The average molecular weight is 313 g/mol. The molecule has 0 N–H and O–H groups in total. The van der Waals surface area contributed by atoms with Gasteiger partial charge in [-0.1, -0.05) is 55.5 Å². The molecule has 2 aliphatic rings. The topological polar surface area (TPSA) is 14.1 Å². The van der Waals surface area contributed by atoms with Crippen LogP contribution in [0.15, 0.2) is 71.8 Å². The van der Waals surface area contributed by atoms with E-state index in [1.807, 2.05) is 0 Å². The van der Waals surface area contributed by atoms with Crippen molar-refractivity contribution < 1.29 is 0 Å². The fourth-order valence-corrected chi connectivity index (χ4v) is 3.90. The highest BCUT2D eigenvalue weighted by atomic mass is 14.8. The first kappa shape index (κ1) is 15.1. The predicted molar refractivity (Wildman–Crippen MR) is 103 cm³/mol. The summed E-state index contributed by atoms with van der Waals surface area (Å²) in [5.74, 6) is 0. The molecule has 0 bridgehead atoms. The minimum absolute atomic E-state index is 1.08. The van der Waals surface area contributed by atoms with E-state index >= 15 is 0 Å². The second-order valence-electron chi connectivity index (χ2n) is 6.57. The van der Waals surface area contributed by atoms with Crippen LogP contribution in [0.4, 0.5) is 0 Å². The van der Waals surface area contributed by atoms with Crippen molar-refractivity contribution in [3.8, 4) is 0 Å². The lowest BCUT2D eigenvalue weighted by Gasteiger charge is -2.14. The Morgan fingerprint density at radius 1 is 0.792 bits per heavy atom. The van der Waals surface area contributed by atoms with Gasteiger partial charge in [0.15, 0.2) is 0 Å². The summed E-state index contributed by atoms with van der Waals surface area (Å²) in [6.07, 6.45) is 5.85. The number of benzene rings is 2. The van der Waals surface area contributed by atoms with Crippen molar-refractivity contribution in [3.63, 3.8) is 0 Å². The molecule has 0 aromatic heterocycles. The number of allylic oxidation sites excluding steroid dienone is 3. The minimum atomic E-state index is 1.08. The molecule has 0 amide bonds. The third-order valence-electron chi connectivity index (χ3n) is 4.95. The summed E-state index contributed by atoms with van der Waals surface area (Å²) in [6, 6.07) is 21.5. The summed E-state index contributed by atoms with van der Waals surface area (Å²) in [4.78, 5) is 5.18. The molecule has 24 heavy (non-hydrogen) atoms. The molecule has 1 heterocycles. The first-order valence-corrected chi connectivity index (χ1v) is 9.04. The average Bonchev–Trinajstić information content (AvgIpc) is 3.13. The maximum Gasteiger partial charge on any atom is 0.292 e. The molecule has 0 fully saturated rings. The van der Waals surface area contributed by atoms with Crippen molar-refractivity contribution in [3.05, 3.63) is 82.9 Å². The zero-order chi connectivity index (χ0) is 16.4. The zero-order valence-corrected chi connectivity index (χ0v) is 14.3. The van der Waals surface area contributed by atoms with Crippen LogP contribution in [0.2, 0.25) is 0 Å². The van der Waals surface area contributed by atoms with Crippen LogP contribution in [0.3, 0.4) is 0 Å². The normalized spacial score (nSPS) is 17.1. The minimum Gasteiger partial charge on any atom is -0.0648 e. The number of nitrogens with zero attached hydrogens (tertiary/aromatic N) is 1. The quantitative estimate of drug-likeness (QED) is 0.695. The molecule has 0 saturated heterocycles. The summed E-state index contributed by atoms with van der Waals surface area (Å²) in [6.45, 7) is 2.25. The van der Waals surface area contributed by atoms with Crippen LogP contribution in [0, 0.1) is 0 Å². The lowest BCUT2D eigenvalue weighted by atomic mass is 9.87. The molecule has 4 rings (SSSR count). The van der Waals surface area contributed by atoms with E-state index in [1.165, 1.54) is 47.2 Å². The number of hydrogen-bond acceptors (Lipinski definition) is 1. The molecule has 0 atom stereocenters. The van der Waals surface area contributed by atoms with Gasteiger partial charge >= 0.3 is 0 Å². The zero-order valence-electron chi connectivity index (χ0n) is 14.3. The maximum absolute atomic E-state index is 5.18. The molecule has 0 saturated carbocycles. The van der Waals surface area contributed by atoms with Crippen molar-refractivity contribution in [2.75, 3.05) is 0 Å². The van der Waals surface area contributed by atoms with Crippen LogP contribution in [0.1, 0.15) is 50.2 Å². The Labute approximate surface area is 144 Å². The Hall–Kier alpha value is -2.41. The summed E-state index contributed by atoms with van der Waals surface area (Å²) < 4.78 is 0. The number of aliphatic imine (C=N–C) groups is 1. The van der Waals surface area contributed by atoms with Gasteiger partial charge in [0.2, 0.25) is 0 Å². The number of rotatable bonds is 4. The Balaban J connectivity index is 1.97. The van der Waals surface area contributed by atoms with E-state index < -0.39 is 0 Å². The van der Waals surface area contributed by atoms with Gasteiger partial charge in [-0.3, -0.25) is 0 Å². The predicted octanol–water partition coefficient (Wildman–Crippen LogP) is 5.63. The summed E-state index contributed by atoms with van der Waals surface area (Å²) in [5.41, 5.74) is 9.42. The molecule has 1 aliphatic heterocycles. The highest BCUT2D eigenvalue weighted by molar-refractivity contribution is 6.13. The summed E-state index contributed by atoms with van der Waals surface area (Å²) in [7, 11) is 0. The molecular weight excluding hydrogens is 290 g/mol. The van der Waals surface area contributed by atoms with Gasteiger partial charge in [-0.05, 0) is 49.0 Å².